The second-order valence-corrected chi connectivity index (χ2v) is 5.77. The Morgan fingerprint density at radius 2 is 1.95 bits per heavy atom. The summed E-state index contributed by atoms with van der Waals surface area (Å²) in [6.45, 7) is 3.34. The molecule has 0 fully saturated rings. The van der Waals surface area contributed by atoms with Crippen LogP contribution < -0.4 is 9.46 Å². The molecule has 21 heavy (non-hydrogen) atoms. The van der Waals surface area contributed by atoms with Crippen molar-refractivity contribution >= 4 is 16.0 Å². The summed E-state index contributed by atoms with van der Waals surface area (Å²) in [5.74, 6) is 5.27. The fourth-order valence-electron chi connectivity index (χ4n) is 1.43. The van der Waals surface area contributed by atoms with Crippen LogP contribution in [0.2, 0.25) is 0 Å². The van der Waals surface area contributed by atoms with Crippen LogP contribution in [0.5, 0.6) is 5.75 Å². The van der Waals surface area contributed by atoms with Gasteiger partial charge in [0.1, 0.15) is 18.4 Å². The van der Waals surface area contributed by atoms with Crippen LogP contribution in [-0.4, -0.2) is 34.1 Å². The second kappa shape index (κ2) is 7.67. The van der Waals surface area contributed by atoms with Crippen LogP contribution in [0.4, 0.5) is 0 Å². The van der Waals surface area contributed by atoms with Gasteiger partial charge in [-0.25, -0.2) is 8.42 Å². The van der Waals surface area contributed by atoms with Gasteiger partial charge in [-0.05, 0) is 38.1 Å². The van der Waals surface area contributed by atoms with Gasteiger partial charge < -0.3 is 9.47 Å². The minimum atomic E-state index is -3.79. The number of hydrogen-bond acceptors (Lipinski definition) is 5. The van der Waals surface area contributed by atoms with Gasteiger partial charge in [0, 0.05) is 0 Å². The van der Waals surface area contributed by atoms with Crippen molar-refractivity contribution < 1.29 is 22.7 Å². The minimum absolute atomic E-state index is 0.0344. The SMILES string of the molecule is CC#CCOc1ccc(S(=O)(=O)NC(C)C(=O)OC)cc1. The molecule has 0 saturated heterocycles. The molecule has 0 spiro atoms. The first-order valence-electron chi connectivity index (χ1n) is 6.13. The number of carbonyl (C=O) groups excluding carboxylic acids is 1. The number of methoxy groups -OCH3 is 1. The summed E-state index contributed by atoms with van der Waals surface area (Å²) in [6.07, 6.45) is 0. The predicted octanol–water partition coefficient (Wildman–Crippen LogP) is 0.928. The van der Waals surface area contributed by atoms with Crippen molar-refractivity contribution in [3.8, 4) is 17.6 Å². The summed E-state index contributed by atoms with van der Waals surface area (Å²) in [4.78, 5) is 11.3. The van der Waals surface area contributed by atoms with Crippen LogP contribution in [-0.2, 0) is 19.6 Å². The standard InChI is InChI=1S/C14H17NO5S/c1-4-5-10-20-12-6-8-13(9-7-12)21(17,18)15-11(2)14(16)19-3/h6-9,11,15H,10H2,1-3H3. The van der Waals surface area contributed by atoms with E-state index < -0.39 is 22.0 Å². The fraction of sp³-hybridized carbons (Fsp3) is 0.357. The van der Waals surface area contributed by atoms with E-state index in [1.807, 2.05) is 0 Å². The van der Waals surface area contributed by atoms with E-state index >= 15 is 0 Å². The number of nitrogens with one attached hydrogen (secondary N) is 1. The van der Waals surface area contributed by atoms with Crippen LogP contribution in [0, 0.1) is 11.8 Å². The minimum Gasteiger partial charge on any atom is -0.481 e. The summed E-state index contributed by atoms with van der Waals surface area (Å²) in [5.41, 5.74) is 0. The van der Waals surface area contributed by atoms with Crippen molar-refractivity contribution in [3.05, 3.63) is 24.3 Å². The van der Waals surface area contributed by atoms with Crippen LogP contribution in [0.25, 0.3) is 0 Å². The van der Waals surface area contributed by atoms with E-state index in [2.05, 4.69) is 21.3 Å². The average molecular weight is 311 g/mol. The Labute approximate surface area is 124 Å². The molecular weight excluding hydrogens is 294 g/mol. The maximum Gasteiger partial charge on any atom is 0.323 e. The van der Waals surface area contributed by atoms with Crippen molar-refractivity contribution in [1.29, 1.82) is 0 Å². The number of esters is 1. The van der Waals surface area contributed by atoms with Gasteiger partial charge in [0.2, 0.25) is 10.0 Å². The summed E-state index contributed by atoms with van der Waals surface area (Å²) >= 11 is 0. The molecule has 7 heteroatoms. The molecule has 0 aliphatic carbocycles. The highest BCUT2D eigenvalue weighted by Crippen LogP contribution is 2.16. The molecule has 0 bridgehead atoms. The number of carbonyl (C=O) groups is 1. The molecule has 0 radical (unpaired) electrons. The topological polar surface area (TPSA) is 81.7 Å². The van der Waals surface area contributed by atoms with Gasteiger partial charge in [0.25, 0.3) is 0 Å². The molecule has 0 amide bonds. The third kappa shape index (κ3) is 5.10. The van der Waals surface area contributed by atoms with Crippen molar-refractivity contribution in [2.45, 2.75) is 24.8 Å². The second-order valence-electron chi connectivity index (χ2n) is 4.05. The fourth-order valence-corrected chi connectivity index (χ4v) is 2.62. The number of ether oxygens (including phenoxy) is 2. The van der Waals surface area contributed by atoms with Gasteiger partial charge in [-0.2, -0.15) is 4.72 Å². The Bertz CT molecular complexity index is 640. The van der Waals surface area contributed by atoms with Gasteiger partial charge >= 0.3 is 5.97 Å². The first-order chi connectivity index (χ1) is 9.90. The van der Waals surface area contributed by atoms with Crippen LogP contribution in [0.15, 0.2) is 29.2 Å². The molecule has 0 saturated carbocycles. The van der Waals surface area contributed by atoms with Gasteiger partial charge in [-0.1, -0.05) is 5.92 Å². The van der Waals surface area contributed by atoms with Crippen molar-refractivity contribution in [2.24, 2.45) is 0 Å². The third-order valence-corrected chi connectivity index (χ3v) is 4.07. The molecule has 1 N–H and O–H groups in total. The van der Waals surface area contributed by atoms with E-state index in [-0.39, 0.29) is 11.5 Å². The molecule has 114 valence electrons. The Kier molecular flexibility index (Phi) is 6.21. The first-order valence-corrected chi connectivity index (χ1v) is 7.61. The summed E-state index contributed by atoms with van der Waals surface area (Å²) in [7, 11) is -2.60. The molecule has 1 rings (SSSR count). The highest BCUT2D eigenvalue weighted by atomic mass is 32.2. The lowest BCUT2D eigenvalue weighted by molar-refractivity contribution is -0.142. The van der Waals surface area contributed by atoms with Gasteiger partial charge in [0.15, 0.2) is 0 Å². The highest BCUT2D eigenvalue weighted by Gasteiger charge is 2.22. The zero-order valence-electron chi connectivity index (χ0n) is 12.0. The zero-order valence-corrected chi connectivity index (χ0v) is 12.9. The van der Waals surface area contributed by atoms with Gasteiger partial charge in [0.05, 0.1) is 12.0 Å². The summed E-state index contributed by atoms with van der Waals surface area (Å²) in [6, 6.07) is 4.86. The molecule has 6 nitrogen and oxygen atoms in total. The molecule has 1 aromatic rings. The van der Waals surface area contributed by atoms with E-state index in [1.165, 1.54) is 38.3 Å². The smallest absolute Gasteiger partial charge is 0.323 e. The van der Waals surface area contributed by atoms with Crippen LogP contribution in [0.1, 0.15) is 13.8 Å². The maximum atomic E-state index is 12.1. The zero-order chi connectivity index (χ0) is 15.9. The molecule has 1 atom stereocenters. The molecule has 0 heterocycles. The van der Waals surface area contributed by atoms with Gasteiger partial charge in [-0.3, -0.25) is 4.79 Å². The lowest BCUT2D eigenvalue weighted by Crippen LogP contribution is -2.39. The number of hydrogen-bond donors (Lipinski definition) is 1. The lowest BCUT2D eigenvalue weighted by Gasteiger charge is -2.12. The lowest BCUT2D eigenvalue weighted by atomic mass is 10.3. The van der Waals surface area contributed by atoms with Gasteiger partial charge in [-0.15, -0.1) is 5.92 Å². The summed E-state index contributed by atoms with van der Waals surface area (Å²) < 4.78 is 36.1. The van der Waals surface area contributed by atoms with E-state index in [0.717, 1.165) is 0 Å². The maximum absolute atomic E-state index is 12.1. The monoisotopic (exact) mass is 311 g/mol. The quantitative estimate of drug-likeness (QED) is 0.624. The Balaban J connectivity index is 2.79. The van der Waals surface area contributed by atoms with Crippen LogP contribution >= 0.6 is 0 Å². The Morgan fingerprint density at radius 3 is 2.48 bits per heavy atom. The molecule has 1 aromatic carbocycles. The Hall–Kier alpha value is -2.04. The van der Waals surface area contributed by atoms with Crippen molar-refractivity contribution in [2.75, 3.05) is 13.7 Å². The first kappa shape index (κ1) is 17.0. The predicted molar refractivity (Wildman–Crippen MR) is 77.2 cm³/mol. The largest absolute Gasteiger partial charge is 0.481 e. The van der Waals surface area contributed by atoms with Crippen molar-refractivity contribution in [1.82, 2.24) is 4.72 Å². The number of sulfonamides is 1. The number of benzene rings is 1. The normalized spacial score (nSPS) is 12.0. The number of rotatable bonds is 6. The molecule has 0 aliphatic rings. The average Bonchev–Trinajstić information content (AvgIpc) is 2.46. The molecular formula is C14H17NO5S. The highest BCUT2D eigenvalue weighted by molar-refractivity contribution is 7.89. The van der Waals surface area contributed by atoms with E-state index in [1.54, 1.807) is 6.92 Å². The van der Waals surface area contributed by atoms with E-state index in [0.29, 0.717) is 5.75 Å². The Morgan fingerprint density at radius 1 is 1.33 bits per heavy atom. The molecule has 0 aromatic heterocycles. The van der Waals surface area contributed by atoms with Crippen LogP contribution in [0.3, 0.4) is 0 Å². The van der Waals surface area contributed by atoms with Crippen molar-refractivity contribution in [3.63, 3.8) is 0 Å². The summed E-state index contributed by atoms with van der Waals surface area (Å²) in [5, 5.41) is 0. The third-order valence-electron chi connectivity index (χ3n) is 2.51. The molecule has 0 aliphatic heterocycles. The molecule has 1 unspecified atom stereocenters. The van der Waals surface area contributed by atoms with E-state index in [4.69, 9.17) is 4.74 Å². The van der Waals surface area contributed by atoms with E-state index in [9.17, 15) is 13.2 Å².